The van der Waals surface area contributed by atoms with Crippen molar-refractivity contribution in [2.75, 3.05) is 23.3 Å². The van der Waals surface area contributed by atoms with Gasteiger partial charge in [-0.1, -0.05) is 19.1 Å². The molecule has 3 aromatic rings. The average Bonchev–Trinajstić information content (AvgIpc) is 2.87. The zero-order chi connectivity index (χ0) is 26.3. The zero-order valence-electron chi connectivity index (χ0n) is 20.2. The Morgan fingerprint density at radius 2 is 1.64 bits per heavy atom. The third kappa shape index (κ3) is 6.39. The molecule has 0 aliphatic rings. The van der Waals surface area contributed by atoms with Crippen LogP contribution in [0, 0.1) is 5.82 Å². The Kier molecular flexibility index (Phi) is 8.65. The number of carbonyl (C=O) groups is 2. The Morgan fingerprint density at radius 3 is 2.25 bits per heavy atom. The lowest BCUT2D eigenvalue weighted by molar-refractivity contribution is -0.114. The number of para-hydroxylation sites is 1. The van der Waals surface area contributed by atoms with Crippen LogP contribution in [0.1, 0.15) is 30.6 Å². The fourth-order valence-electron chi connectivity index (χ4n) is 3.31. The first-order chi connectivity index (χ1) is 17.1. The van der Waals surface area contributed by atoms with Crippen LogP contribution in [0.3, 0.4) is 0 Å². The number of methoxy groups -OCH3 is 1. The summed E-state index contributed by atoms with van der Waals surface area (Å²) in [6, 6.07) is 16.9. The summed E-state index contributed by atoms with van der Waals surface area (Å²) in [6.45, 7) is 3.22. The normalized spacial score (nSPS) is 11.9. The molecule has 0 fully saturated rings. The minimum Gasteiger partial charge on any atom is -0.497 e. The second kappa shape index (κ2) is 11.7. The molecular weight excluding hydrogens is 485 g/mol. The third-order valence-electron chi connectivity index (χ3n) is 5.48. The summed E-state index contributed by atoms with van der Waals surface area (Å²) in [5.41, 5.74) is 0.707. The highest BCUT2D eigenvalue weighted by atomic mass is 32.2. The van der Waals surface area contributed by atoms with Crippen molar-refractivity contribution in [3.63, 3.8) is 0 Å². The van der Waals surface area contributed by atoms with Gasteiger partial charge in [0, 0.05) is 6.04 Å². The first-order valence-electron chi connectivity index (χ1n) is 11.3. The minimum atomic E-state index is -4.24. The maximum absolute atomic E-state index is 13.4. The average molecular weight is 514 g/mol. The number of rotatable bonds is 10. The first-order valence-corrected chi connectivity index (χ1v) is 12.7. The van der Waals surface area contributed by atoms with Gasteiger partial charge in [0.25, 0.3) is 15.9 Å². The van der Waals surface area contributed by atoms with E-state index in [-0.39, 0.29) is 33.8 Å². The van der Waals surface area contributed by atoms with Crippen LogP contribution >= 0.6 is 0 Å². The summed E-state index contributed by atoms with van der Waals surface area (Å²) in [5, 5.41) is 5.50. The number of carbonyl (C=O) groups excluding carboxylic acids is 2. The Labute approximate surface area is 210 Å². The predicted molar refractivity (Wildman–Crippen MR) is 136 cm³/mol. The second-order valence-electron chi connectivity index (χ2n) is 8.04. The van der Waals surface area contributed by atoms with Crippen molar-refractivity contribution in [1.29, 1.82) is 0 Å². The fourth-order valence-corrected chi connectivity index (χ4v) is 4.73. The van der Waals surface area contributed by atoms with Gasteiger partial charge in [-0.15, -0.1) is 0 Å². The number of sulfonamides is 1. The van der Waals surface area contributed by atoms with E-state index in [9.17, 15) is 22.4 Å². The summed E-state index contributed by atoms with van der Waals surface area (Å²) < 4.78 is 46.4. The monoisotopic (exact) mass is 513 g/mol. The number of hydrogen-bond acceptors (Lipinski definition) is 5. The largest absolute Gasteiger partial charge is 0.497 e. The van der Waals surface area contributed by atoms with E-state index < -0.39 is 28.3 Å². The summed E-state index contributed by atoms with van der Waals surface area (Å²) in [7, 11) is -2.76. The molecule has 3 rings (SSSR count). The number of hydrogen-bond donors (Lipinski definition) is 2. The molecule has 0 aliphatic heterocycles. The van der Waals surface area contributed by atoms with Crippen molar-refractivity contribution in [3.8, 4) is 5.75 Å². The van der Waals surface area contributed by atoms with E-state index in [0.717, 1.165) is 35.0 Å². The van der Waals surface area contributed by atoms with Gasteiger partial charge in [0.1, 0.15) is 18.1 Å². The van der Waals surface area contributed by atoms with E-state index in [1.54, 1.807) is 36.4 Å². The molecule has 0 saturated heterocycles. The molecule has 2 amide bonds. The lowest BCUT2D eigenvalue weighted by Gasteiger charge is -2.24. The van der Waals surface area contributed by atoms with Gasteiger partial charge < -0.3 is 15.4 Å². The third-order valence-corrected chi connectivity index (χ3v) is 7.27. The lowest BCUT2D eigenvalue weighted by Crippen LogP contribution is -2.38. The van der Waals surface area contributed by atoms with Gasteiger partial charge in [-0.3, -0.25) is 13.9 Å². The Bertz CT molecular complexity index is 1310. The predicted octanol–water partition coefficient (Wildman–Crippen LogP) is 4.20. The molecule has 8 nitrogen and oxygen atoms in total. The second-order valence-corrected chi connectivity index (χ2v) is 9.90. The van der Waals surface area contributed by atoms with Crippen molar-refractivity contribution in [1.82, 2.24) is 5.32 Å². The first kappa shape index (κ1) is 26.7. The van der Waals surface area contributed by atoms with Gasteiger partial charge in [0.15, 0.2) is 0 Å². The standard InChI is InChI=1S/C26H28FN3O5S/c1-4-18(2)28-26(32)23-7-5-6-8-24(23)29-25(31)17-30(20-11-13-21(35-3)14-12-20)36(33,34)22-15-9-19(27)10-16-22/h5-16,18H,4,17H2,1-3H3,(H,28,32)(H,29,31)/t18-/m1/s1. The maximum Gasteiger partial charge on any atom is 0.264 e. The lowest BCUT2D eigenvalue weighted by atomic mass is 10.1. The van der Waals surface area contributed by atoms with Crippen molar-refractivity contribution in [2.45, 2.75) is 31.2 Å². The highest BCUT2D eigenvalue weighted by Crippen LogP contribution is 2.26. The van der Waals surface area contributed by atoms with Gasteiger partial charge in [-0.25, -0.2) is 12.8 Å². The molecule has 3 aromatic carbocycles. The van der Waals surface area contributed by atoms with E-state index in [1.165, 1.54) is 19.2 Å². The minimum absolute atomic E-state index is 0.0623. The molecule has 190 valence electrons. The Morgan fingerprint density at radius 1 is 1.00 bits per heavy atom. The van der Waals surface area contributed by atoms with Crippen molar-refractivity contribution >= 4 is 33.2 Å². The van der Waals surface area contributed by atoms with Crippen LogP contribution in [-0.4, -0.2) is 39.9 Å². The summed E-state index contributed by atoms with van der Waals surface area (Å²) in [4.78, 5) is 25.6. The molecule has 0 radical (unpaired) electrons. The van der Waals surface area contributed by atoms with E-state index in [2.05, 4.69) is 10.6 Å². The molecule has 1 atom stereocenters. The van der Waals surface area contributed by atoms with Crippen molar-refractivity contribution in [3.05, 3.63) is 84.2 Å². The molecule has 0 bridgehead atoms. The van der Waals surface area contributed by atoms with Crippen LogP contribution in [0.15, 0.2) is 77.7 Å². The zero-order valence-corrected chi connectivity index (χ0v) is 21.0. The van der Waals surface area contributed by atoms with Gasteiger partial charge in [-0.2, -0.15) is 0 Å². The van der Waals surface area contributed by atoms with Crippen LogP contribution in [0.2, 0.25) is 0 Å². The van der Waals surface area contributed by atoms with Gasteiger partial charge >= 0.3 is 0 Å². The summed E-state index contributed by atoms with van der Waals surface area (Å²) in [6.07, 6.45) is 0.734. The summed E-state index contributed by atoms with van der Waals surface area (Å²) in [5.74, 6) is -1.11. The van der Waals surface area contributed by atoms with Gasteiger partial charge in [0.05, 0.1) is 28.9 Å². The number of halogens is 1. The molecule has 10 heteroatoms. The highest BCUT2D eigenvalue weighted by molar-refractivity contribution is 7.92. The number of nitrogens with zero attached hydrogens (tertiary/aromatic N) is 1. The molecule has 0 unspecified atom stereocenters. The number of nitrogens with one attached hydrogen (secondary N) is 2. The Balaban J connectivity index is 1.91. The van der Waals surface area contributed by atoms with E-state index >= 15 is 0 Å². The van der Waals surface area contributed by atoms with Crippen molar-refractivity contribution < 1.29 is 27.1 Å². The molecule has 0 saturated carbocycles. The van der Waals surface area contributed by atoms with Gasteiger partial charge in [-0.05, 0) is 74.0 Å². The van der Waals surface area contributed by atoms with E-state index in [4.69, 9.17) is 4.74 Å². The van der Waals surface area contributed by atoms with Gasteiger partial charge in [0.2, 0.25) is 5.91 Å². The summed E-state index contributed by atoms with van der Waals surface area (Å²) >= 11 is 0. The molecular formula is C26H28FN3O5S. The van der Waals surface area contributed by atoms with Crippen LogP contribution in [-0.2, 0) is 14.8 Å². The molecule has 36 heavy (non-hydrogen) atoms. The number of anilines is 2. The Hall–Kier alpha value is -3.92. The molecule has 0 aromatic heterocycles. The van der Waals surface area contributed by atoms with Crippen LogP contribution in [0.5, 0.6) is 5.75 Å². The molecule has 0 spiro atoms. The van der Waals surface area contributed by atoms with Crippen LogP contribution in [0.25, 0.3) is 0 Å². The van der Waals surface area contributed by atoms with E-state index in [0.29, 0.717) is 5.75 Å². The van der Waals surface area contributed by atoms with Crippen LogP contribution in [0.4, 0.5) is 15.8 Å². The highest BCUT2D eigenvalue weighted by Gasteiger charge is 2.28. The SMILES string of the molecule is CC[C@@H](C)NC(=O)c1ccccc1NC(=O)CN(c1ccc(OC)cc1)S(=O)(=O)c1ccc(F)cc1. The quantitative estimate of drug-likeness (QED) is 0.423. The topological polar surface area (TPSA) is 105 Å². The number of ether oxygens (including phenoxy) is 1. The number of benzene rings is 3. The van der Waals surface area contributed by atoms with Crippen LogP contribution < -0.4 is 19.7 Å². The molecule has 0 heterocycles. The van der Waals surface area contributed by atoms with E-state index in [1.807, 2.05) is 13.8 Å². The molecule has 0 aliphatic carbocycles. The molecule has 2 N–H and O–H groups in total. The fraction of sp³-hybridized carbons (Fsp3) is 0.231. The maximum atomic E-state index is 13.4. The smallest absolute Gasteiger partial charge is 0.264 e. The number of amides is 2. The van der Waals surface area contributed by atoms with Crippen molar-refractivity contribution in [2.24, 2.45) is 0 Å².